The lowest BCUT2D eigenvalue weighted by atomic mass is 9.92. The lowest BCUT2D eigenvalue weighted by Crippen LogP contribution is -2.28. The highest BCUT2D eigenvalue weighted by Crippen LogP contribution is 2.30. The Hall–Kier alpha value is -3.99. The van der Waals surface area contributed by atoms with Gasteiger partial charge in [0.25, 0.3) is 5.56 Å². The lowest BCUT2D eigenvalue weighted by Gasteiger charge is -2.13. The first-order valence-electron chi connectivity index (χ1n) is 10.1. The molecule has 0 saturated carbocycles. The van der Waals surface area contributed by atoms with E-state index >= 15 is 0 Å². The van der Waals surface area contributed by atoms with Gasteiger partial charge in [-0.2, -0.15) is 5.10 Å². The van der Waals surface area contributed by atoms with Gasteiger partial charge < -0.3 is 4.74 Å². The van der Waals surface area contributed by atoms with Gasteiger partial charge >= 0.3 is 5.97 Å². The molecule has 1 heterocycles. The zero-order valence-corrected chi connectivity index (χ0v) is 17.2. The van der Waals surface area contributed by atoms with Crippen molar-refractivity contribution in [3.05, 3.63) is 112 Å². The van der Waals surface area contributed by atoms with Crippen molar-refractivity contribution in [2.45, 2.75) is 13.5 Å². The summed E-state index contributed by atoms with van der Waals surface area (Å²) >= 11 is 0. The monoisotopic (exact) mass is 410 g/mol. The normalized spacial score (nSPS) is 11.5. The molecule has 0 aliphatic carbocycles. The van der Waals surface area contributed by atoms with E-state index in [0.717, 1.165) is 32.3 Å². The van der Waals surface area contributed by atoms with Gasteiger partial charge in [-0.1, -0.05) is 78.9 Å². The maximum absolute atomic E-state index is 13.3. The minimum atomic E-state index is -0.489. The summed E-state index contributed by atoms with van der Waals surface area (Å²) < 4.78 is 6.15. The number of esters is 1. The first kappa shape index (κ1) is 20.3. The second kappa shape index (κ2) is 9.22. The molecule has 0 N–H and O–H groups in total. The Morgan fingerprint density at radius 1 is 0.968 bits per heavy atom. The van der Waals surface area contributed by atoms with Gasteiger partial charge in [-0.15, -0.1) is 0 Å². The molecule has 0 aliphatic heterocycles. The Balaban J connectivity index is 1.94. The third kappa shape index (κ3) is 4.46. The summed E-state index contributed by atoms with van der Waals surface area (Å²) in [6.45, 7) is 1.76. The Kier molecular flexibility index (Phi) is 6.03. The van der Waals surface area contributed by atoms with Crippen LogP contribution in [0.15, 0.2) is 89.9 Å². The molecule has 4 aromatic rings. The highest BCUT2D eigenvalue weighted by molar-refractivity contribution is 6.02. The second-order valence-corrected chi connectivity index (χ2v) is 7.02. The average Bonchev–Trinajstić information content (AvgIpc) is 2.80. The lowest BCUT2D eigenvalue weighted by molar-refractivity contribution is -0.144. The summed E-state index contributed by atoms with van der Waals surface area (Å²) in [5, 5.41) is 5.41. The van der Waals surface area contributed by atoms with E-state index in [1.54, 1.807) is 13.1 Å². The van der Waals surface area contributed by atoms with Gasteiger partial charge in [0.05, 0.1) is 18.2 Å². The molecule has 0 unspecified atom stereocenters. The molecule has 0 radical (unpaired) electrons. The Bertz CT molecular complexity index is 1290. The smallest absolute Gasteiger partial charge is 0.327 e. The summed E-state index contributed by atoms with van der Waals surface area (Å²) in [6, 6.07) is 25.6. The van der Waals surface area contributed by atoms with Crippen molar-refractivity contribution >= 4 is 28.4 Å². The number of rotatable bonds is 6. The maximum Gasteiger partial charge on any atom is 0.327 e. The first-order chi connectivity index (χ1) is 15.2. The van der Waals surface area contributed by atoms with E-state index in [0.29, 0.717) is 5.39 Å². The van der Waals surface area contributed by atoms with Crippen LogP contribution in [0, 0.1) is 0 Å². The third-order valence-corrected chi connectivity index (χ3v) is 4.95. The quantitative estimate of drug-likeness (QED) is 0.346. The van der Waals surface area contributed by atoms with Crippen molar-refractivity contribution < 1.29 is 9.53 Å². The minimum absolute atomic E-state index is 0.222. The van der Waals surface area contributed by atoms with Gasteiger partial charge in [-0.25, -0.2) is 4.68 Å². The van der Waals surface area contributed by atoms with Crippen LogP contribution >= 0.6 is 0 Å². The predicted octanol–water partition coefficient (Wildman–Crippen LogP) is 4.55. The fourth-order valence-electron chi connectivity index (χ4n) is 3.55. The molecule has 0 aliphatic rings. The van der Waals surface area contributed by atoms with E-state index in [1.165, 1.54) is 0 Å². The zero-order chi connectivity index (χ0) is 21.6. The number of fused-ring (bicyclic) bond motifs is 1. The molecule has 0 bridgehead atoms. The topological polar surface area (TPSA) is 61.2 Å². The standard InChI is InChI=1S/C26H22N2O3/c1-2-31-24(29)18-28-26(30)25-21(17-27-28)14-9-15-22(25)23(20-12-7-4-8-13-20)16-19-10-5-3-6-11-19/h3-17H,2,18H2,1H3/b23-16+. The number of aromatic nitrogens is 2. The Labute approximate surface area is 180 Å². The predicted molar refractivity (Wildman–Crippen MR) is 122 cm³/mol. The number of nitrogens with zero attached hydrogens (tertiary/aromatic N) is 2. The van der Waals surface area contributed by atoms with Crippen LogP contribution in [-0.4, -0.2) is 22.4 Å². The summed E-state index contributed by atoms with van der Waals surface area (Å²) in [5.41, 5.74) is 3.41. The number of carbonyl (C=O) groups excluding carboxylic acids is 1. The fourth-order valence-corrected chi connectivity index (χ4v) is 3.55. The molecule has 0 saturated heterocycles. The van der Waals surface area contributed by atoms with Gasteiger partial charge in [0.15, 0.2) is 0 Å². The van der Waals surface area contributed by atoms with Crippen LogP contribution in [0.4, 0.5) is 0 Å². The fraction of sp³-hybridized carbons (Fsp3) is 0.115. The zero-order valence-electron chi connectivity index (χ0n) is 17.2. The van der Waals surface area contributed by atoms with Gasteiger partial charge in [-0.05, 0) is 35.3 Å². The van der Waals surface area contributed by atoms with E-state index < -0.39 is 5.97 Å². The molecule has 0 atom stereocenters. The second-order valence-electron chi connectivity index (χ2n) is 7.02. The van der Waals surface area contributed by atoms with E-state index in [2.05, 4.69) is 11.2 Å². The van der Waals surface area contributed by atoms with Gasteiger partial charge in [0.1, 0.15) is 6.54 Å². The molecule has 4 rings (SSSR count). The molecule has 0 spiro atoms. The molecule has 154 valence electrons. The van der Waals surface area contributed by atoms with Gasteiger partial charge in [0.2, 0.25) is 0 Å². The molecule has 1 aromatic heterocycles. The summed E-state index contributed by atoms with van der Waals surface area (Å²) in [7, 11) is 0. The molecule has 0 amide bonds. The van der Waals surface area contributed by atoms with Crippen LogP contribution in [0.25, 0.3) is 22.4 Å². The number of hydrogen-bond acceptors (Lipinski definition) is 4. The van der Waals surface area contributed by atoms with Gasteiger partial charge in [0, 0.05) is 5.39 Å². The molecular formula is C26H22N2O3. The van der Waals surface area contributed by atoms with Crippen LogP contribution in [0.3, 0.4) is 0 Å². The molecule has 5 heteroatoms. The molecule has 3 aromatic carbocycles. The summed E-state index contributed by atoms with van der Waals surface area (Å²) in [5.74, 6) is -0.489. The summed E-state index contributed by atoms with van der Waals surface area (Å²) in [4.78, 5) is 25.3. The highest BCUT2D eigenvalue weighted by Gasteiger charge is 2.15. The largest absolute Gasteiger partial charge is 0.465 e. The van der Waals surface area contributed by atoms with Crippen LogP contribution in [0.5, 0.6) is 0 Å². The minimum Gasteiger partial charge on any atom is -0.465 e. The molecule has 31 heavy (non-hydrogen) atoms. The highest BCUT2D eigenvalue weighted by atomic mass is 16.5. The maximum atomic E-state index is 13.3. The van der Waals surface area contributed by atoms with E-state index in [4.69, 9.17) is 4.74 Å². The van der Waals surface area contributed by atoms with E-state index in [1.807, 2.05) is 78.9 Å². The number of carbonyl (C=O) groups is 1. The van der Waals surface area contributed by atoms with Crippen LogP contribution in [0.1, 0.15) is 23.6 Å². The first-order valence-corrected chi connectivity index (χ1v) is 10.1. The number of ether oxygens (including phenoxy) is 1. The van der Waals surface area contributed by atoms with Crippen molar-refractivity contribution in [3.8, 4) is 0 Å². The van der Waals surface area contributed by atoms with E-state index in [-0.39, 0.29) is 18.7 Å². The van der Waals surface area contributed by atoms with Crippen LogP contribution in [-0.2, 0) is 16.1 Å². The van der Waals surface area contributed by atoms with Crippen molar-refractivity contribution in [1.29, 1.82) is 0 Å². The van der Waals surface area contributed by atoms with E-state index in [9.17, 15) is 9.59 Å². The van der Waals surface area contributed by atoms with Crippen molar-refractivity contribution in [1.82, 2.24) is 9.78 Å². The SMILES string of the molecule is CCOC(=O)Cn1ncc2cccc(/C(=C/c3ccccc3)c3ccccc3)c2c1=O. The van der Waals surface area contributed by atoms with Crippen molar-refractivity contribution in [2.24, 2.45) is 0 Å². The third-order valence-electron chi connectivity index (χ3n) is 4.95. The molecule has 5 nitrogen and oxygen atoms in total. The summed E-state index contributed by atoms with van der Waals surface area (Å²) in [6.07, 6.45) is 3.68. The average molecular weight is 410 g/mol. The Morgan fingerprint density at radius 2 is 1.68 bits per heavy atom. The number of hydrogen-bond donors (Lipinski definition) is 0. The van der Waals surface area contributed by atoms with Crippen molar-refractivity contribution in [3.63, 3.8) is 0 Å². The van der Waals surface area contributed by atoms with Gasteiger partial charge in [-0.3, -0.25) is 9.59 Å². The van der Waals surface area contributed by atoms with Crippen molar-refractivity contribution in [2.75, 3.05) is 6.61 Å². The Morgan fingerprint density at radius 3 is 2.39 bits per heavy atom. The van der Waals surface area contributed by atoms with Crippen LogP contribution < -0.4 is 5.56 Å². The van der Waals surface area contributed by atoms with Crippen LogP contribution in [0.2, 0.25) is 0 Å². The molecule has 0 fully saturated rings. The number of benzene rings is 3. The molecular weight excluding hydrogens is 388 g/mol.